The molecule has 1 amide bonds. The molecule has 148 valence electrons. The predicted octanol–water partition coefficient (Wildman–Crippen LogP) is 3.34. The highest BCUT2D eigenvalue weighted by molar-refractivity contribution is 5.98. The van der Waals surface area contributed by atoms with Crippen LogP contribution in [0.15, 0.2) is 61.2 Å². The summed E-state index contributed by atoms with van der Waals surface area (Å²) in [5, 5.41) is 2.82. The summed E-state index contributed by atoms with van der Waals surface area (Å²) in [5.41, 5.74) is -0.313. The first-order valence-electron chi connectivity index (χ1n) is 8.71. The molecule has 0 heterocycles. The Morgan fingerprint density at radius 3 is 2.29 bits per heavy atom. The highest BCUT2D eigenvalue weighted by atomic mass is 16.5. The molecular weight excluding hydrogens is 358 g/mol. The van der Waals surface area contributed by atoms with Crippen LogP contribution in [0.5, 0.6) is 11.5 Å². The number of methoxy groups -OCH3 is 3. The molecule has 6 heteroatoms. The average molecular weight is 383 g/mol. The molecule has 0 fully saturated rings. The lowest BCUT2D eigenvalue weighted by molar-refractivity contribution is -0.148. The number of carbonyl (C=O) groups is 2. The van der Waals surface area contributed by atoms with E-state index in [0.29, 0.717) is 22.6 Å². The lowest BCUT2D eigenvalue weighted by Gasteiger charge is -2.35. The highest BCUT2D eigenvalue weighted by Gasteiger charge is 2.44. The van der Waals surface area contributed by atoms with Gasteiger partial charge in [-0.05, 0) is 25.1 Å². The summed E-state index contributed by atoms with van der Waals surface area (Å²) in [6.07, 6.45) is 1.59. The third kappa shape index (κ3) is 4.17. The van der Waals surface area contributed by atoms with Crippen molar-refractivity contribution in [1.82, 2.24) is 5.32 Å². The second kappa shape index (κ2) is 9.08. The molecule has 0 aromatic heterocycles. The van der Waals surface area contributed by atoms with E-state index in [9.17, 15) is 9.59 Å². The van der Waals surface area contributed by atoms with Crippen molar-refractivity contribution >= 4 is 11.9 Å². The molecule has 2 atom stereocenters. The molecule has 2 aromatic rings. The number of ether oxygens (including phenoxy) is 3. The first kappa shape index (κ1) is 21.0. The Hall–Kier alpha value is -3.28. The molecule has 0 spiro atoms. The zero-order chi connectivity index (χ0) is 20.7. The van der Waals surface area contributed by atoms with Crippen molar-refractivity contribution in [2.45, 2.75) is 18.4 Å². The Labute approximate surface area is 165 Å². The van der Waals surface area contributed by atoms with Crippen molar-refractivity contribution < 1.29 is 23.8 Å². The summed E-state index contributed by atoms with van der Waals surface area (Å²) in [7, 11) is 4.36. The smallest absolute Gasteiger partial charge is 0.332 e. The minimum atomic E-state index is -1.41. The lowest BCUT2D eigenvalue weighted by Crippen LogP contribution is -2.56. The van der Waals surface area contributed by atoms with E-state index in [4.69, 9.17) is 14.2 Å². The van der Waals surface area contributed by atoms with E-state index in [1.54, 1.807) is 62.6 Å². The molecular formula is C22H25NO5. The van der Waals surface area contributed by atoms with Gasteiger partial charge in [-0.15, -0.1) is 6.58 Å². The van der Waals surface area contributed by atoms with Crippen molar-refractivity contribution in [3.8, 4) is 11.5 Å². The molecule has 2 aromatic carbocycles. The maximum atomic E-state index is 12.8. The third-order valence-electron chi connectivity index (χ3n) is 4.65. The van der Waals surface area contributed by atoms with Gasteiger partial charge in [0, 0.05) is 23.1 Å². The number of rotatable bonds is 8. The average Bonchev–Trinajstić information content (AvgIpc) is 2.74. The fourth-order valence-corrected chi connectivity index (χ4v) is 3.11. The quantitative estimate of drug-likeness (QED) is 0.559. The zero-order valence-electron chi connectivity index (χ0n) is 16.5. The van der Waals surface area contributed by atoms with Gasteiger partial charge in [-0.2, -0.15) is 0 Å². The summed E-state index contributed by atoms with van der Waals surface area (Å²) in [6.45, 7) is 5.48. The van der Waals surface area contributed by atoms with Crippen LogP contribution in [0.1, 0.15) is 28.8 Å². The summed E-state index contributed by atoms with van der Waals surface area (Å²) >= 11 is 0. The van der Waals surface area contributed by atoms with Crippen molar-refractivity contribution in [2.75, 3.05) is 21.3 Å². The van der Waals surface area contributed by atoms with Crippen LogP contribution in [0.4, 0.5) is 0 Å². The second-order valence-corrected chi connectivity index (χ2v) is 6.34. The van der Waals surface area contributed by atoms with Gasteiger partial charge >= 0.3 is 5.97 Å². The molecule has 0 aliphatic heterocycles. The fourth-order valence-electron chi connectivity index (χ4n) is 3.11. The normalized spacial score (nSPS) is 13.6. The van der Waals surface area contributed by atoms with Gasteiger partial charge in [-0.1, -0.05) is 30.3 Å². The minimum absolute atomic E-state index is 0.396. The number of hydrogen-bond donors (Lipinski definition) is 1. The Morgan fingerprint density at radius 2 is 1.75 bits per heavy atom. The first-order chi connectivity index (χ1) is 13.4. The molecule has 0 aliphatic carbocycles. The van der Waals surface area contributed by atoms with Gasteiger partial charge in [-0.3, -0.25) is 4.79 Å². The number of esters is 1. The Balaban J connectivity index is 2.51. The number of benzene rings is 2. The third-order valence-corrected chi connectivity index (χ3v) is 4.65. The van der Waals surface area contributed by atoms with E-state index >= 15 is 0 Å². The van der Waals surface area contributed by atoms with Crippen molar-refractivity contribution in [3.05, 3.63) is 72.3 Å². The van der Waals surface area contributed by atoms with Gasteiger partial charge in [0.1, 0.15) is 17.0 Å². The lowest BCUT2D eigenvalue weighted by atomic mass is 9.79. The van der Waals surface area contributed by atoms with Crippen LogP contribution in [-0.4, -0.2) is 38.7 Å². The molecule has 2 rings (SSSR count). The van der Waals surface area contributed by atoms with Crippen LogP contribution in [0.2, 0.25) is 0 Å². The zero-order valence-corrected chi connectivity index (χ0v) is 16.5. The minimum Gasteiger partial charge on any atom is -0.497 e. The molecule has 6 nitrogen and oxygen atoms in total. The van der Waals surface area contributed by atoms with Crippen LogP contribution >= 0.6 is 0 Å². The van der Waals surface area contributed by atoms with E-state index < -0.39 is 23.3 Å². The topological polar surface area (TPSA) is 73.9 Å². The summed E-state index contributed by atoms with van der Waals surface area (Å²) < 4.78 is 15.7. The van der Waals surface area contributed by atoms with Crippen LogP contribution in [0.3, 0.4) is 0 Å². The molecule has 0 saturated heterocycles. The van der Waals surface area contributed by atoms with Crippen molar-refractivity contribution in [1.29, 1.82) is 0 Å². The van der Waals surface area contributed by atoms with E-state index in [0.717, 1.165) is 0 Å². The van der Waals surface area contributed by atoms with E-state index in [-0.39, 0.29) is 0 Å². The fraction of sp³-hybridized carbons (Fsp3) is 0.273. The van der Waals surface area contributed by atoms with E-state index in [1.165, 1.54) is 14.2 Å². The van der Waals surface area contributed by atoms with Crippen molar-refractivity contribution in [3.63, 3.8) is 0 Å². The monoisotopic (exact) mass is 383 g/mol. The maximum Gasteiger partial charge on any atom is 0.332 e. The van der Waals surface area contributed by atoms with Crippen LogP contribution < -0.4 is 14.8 Å². The molecule has 0 radical (unpaired) electrons. The molecule has 0 unspecified atom stereocenters. The summed E-state index contributed by atoms with van der Waals surface area (Å²) in [4.78, 5) is 25.5. The van der Waals surface area contributed by atoms with E-state index in [1.807, 2.05) is 6.07 Å². The van der Waals surface area contributed by atoms with Crippen molar-refractivity contribution in [2.24, 2.45) is 0 Å². The van der Waals surface area contributed by atoms with Crippen LogP contribution in [-0.2, 0) is 9.53 Å². The van der Waals surface area contributed by atoms with Gasteiger partial charge in [0.05, 0.1) is 21.3 Å². The molecule has 28 heavy (non-hydrogen) atoms. The van der Waals surface area contributed by atoms with Gasteiger partial charge < -0.3 is 19.5 Å². The van der Waals surface area contributed by atoms with Gasteiger partial charge in [0.2, 0.25) is 0 Å². The van der Waals surface area contributed by atoms with Gasteiger partial charge in [-0.25, -0.2) is 4.79 Å². The van der Waals surface area contributed by atoms with Crippen LogP contribution in [0, 0.1) is 0 Å². The molecule has 0 aliphatic rings. The Morgan fingerprint density at radius 1 is 1.07 bits per heavy atom. The predicted molar refractivity (Wildman–Crippen MR) is 107 cm³/mol. The standard InChI is InChI=1S/C22H25NO5/c1-6-18(17-13-12-16(26-3)14-19(17)27-4)22(2,21(25)28-5)23-20(24)15-10-8-7-9-11-15/h6-14,18H,1H2,2-5H3,(H,23,24)/t18-,22+/m0/s1. The Kier molecular flexibility index (Phi) is 6.82. The molecule has 0 bridgehead atoms. The number of amides is 1. The number of nitrogens with one attached hydrogen (secondary N) is 1. The molecule has 0 saturated carbocycles. The second-order valence-electron chi connectivity index (χ2n) is 6.34. The number of hydrogen-bond acceptors (Lipinski definition) is 5. The highest BCUT2D eigenvalue weighted by Crippen LogP contribution is 2.38. The van der Waals surface area contributed by atoms with Crippen LogP contribution in [0.25, 0.3) is 0 Å². The van der Waals surface area contributed by atoms with Gasteiger partial charge in [0.15, 0.2) is 0 Å². The van der Waals surface area contributed by atoms with E-state index in [2.05, 4.69) is 11.9 Å². The first-order valence-corrected chi connectivity index (χ1v) is 8.71. The number of carbonyl (C=O) groups excluding carboxylic acids is 2. The van der Waals surface area contributed by atoms with Gasteiger partial charge in [0.25, 0.3) is 5.91 Å². The maximum absolute atomic E-state index is 12.8. The Bertz CT molecular complexity index is 849. The molecule has 1 N–H and O–H groups in total. The summed E-state index contributed by atoms with van der Waals surface area (Å²) in [6, 6.07) is 13.9. The largest absolute Gasteiger partial charge is 0.497 e. The SMILES string of the molecule is C=C[C@@H](c1ccc(OC)cc1OC)[C@@](C)(NC(=O)c1ccccc1)C(=O)OC. The summed E-state index contributed by atoms with van der Waals surface area (Å²) in [5.74, 6) is -0.495.